The maximum atomic E-state index is 9.39. The predicted octanol–water partition coefficient (Wildman–Crippen LogP) is 2.49. The van der Waals surface area contributed by atoms with Crippen LogP contribution < -0.4 is 0 Å². The SMILES string of the molecule is CC(C)(C)c1ccc[c]c1O. The lowest BCUT2D eigenvalue weighted by Crippen LogP contribution is -2.10. The molecule has 0 heterocycles. The van der Waals surface area contributed by atoms with E-state index in [4.69, 9.17) is 0 Å². The summed E-state index contributed by atoms with van der Waals surface area (Å²) in [7, 11) is 0. The zero-order chi connectivity index (χ0) is 8.48. The van der Waals surface area contributed by atoms with E-state index in [1.807, 2.05) is 12.1 Å². The Morgan fingerprint density at radius 3 is 2.36 bits per heavy atom. The molecule has 0 aliphatic rings. The number of phenolic OH excluding ortho intramolecular Hbond substituents is 1. The van der Waals surface area contributed by atoms with E-state index >= 15 is 0 Å². The molecule has 0 aromatic heterocycles. The smallest absolute Gasteiger partial charge is 0.127 e. The van der Waals surface area contributed by atoms with Gasteiger partial charge in [-0.2, -0.15) is 0 Å². The van der Waals surface area contributed by atoms with Crippen molar-refractivity contribution >= 4 is 0 Å². The second-order valence-electron chi connectivity index (χ2n) is 3.68. The van der Waals surface area contributed by atoms with Gasteiger partial charge in [0.25, 0.3) is 0 Å². The van der Waals surface area contributed by atoms with Gasteiger partial charge < -0.3 is 5.11 Å². The first-order valence-electron chi connectivity index (χ1n) is 3.72. The van der Waals surface area contributed by atoms with Gasteiger partial charge >= 0.3 is 0 Å². The second kappa shape index (κ2) is 2.57. The Bertz CT molecular complexity index is 245. The van der Waals surface area contributed by atoms with E-state index in [0.29, 0.717) is 0 Å². The zero-order valence-corrected chi connectivity index (χ0v) is 7.18. The van der Waals surface area contributed by atoms with Gasteiger partial charge in [-0.3, -0.25) is 0 Å². The number of phenols is 1. The van der Waals surface area contributed by atoms with Crippen molar-refractivity contribution in [2.45, 2.75) is 26.2 Å². The molecule has 11 heavy (non-hydrogen) atoms. The van der Waals surface area contributed by atoms with Crippen LogP contribution in [0.5, 0.6) is 5.75 Å². The maximum Gasteiger partial charge on any atom is 0.127 e. The summed E-state index contributed by atoms with van der Waals surface area (Å²) in [5, 5.41) is 9.39. The van der Waals surface area contributed by atoms with Gasteiger partial charge in [0, 0.05) is 6.07 Å². The molecule has 0 atom stereocenters. The first kappa shape index (κ1) is 8.12. The molecule has 0 fully saturated rings. The standard InChI is InChI=1S/C10H13O/c1-10(2,3)8-6-4-5-7-9(8)11/h4-6,11H,1-3H3. The number of benzene rings is 1. The summed E-state index contributed by atoms with van der Waals surface area (Å²) < 4.78 is 0. The van der Waals surface area contributed by atoms with E-state index in [2.05, 4.69) is 26.8 Å². The average molecular weight is 149 g/mol. The van der Waals surface area contributed by atoms with Gasteiger partial charge in [-0.15, -0.1) is 0 Å². The molecule has 1 radical (unpaired) electrons. The third-order valence-corrected chi connectivity index (χ3v) is 1.64. The van der Waals surface area contributed by atoms with Crippen molar-refractivity contribution in [2.24, 2.45) is 0 Å². The van der Waals surface area contributed by atoms with Crippen molar-refractivity contribution in [2.75, 3.05) is 0 Å². The largest absolute Gasteiger partial charge is 0.507 e. The summed E-state index contributed by atoms with van der Waals surface area (Å²) in [5.41, 5.74) is 0.946. The molecule has 0 aliphatic heterocycles. The normalized spacial score (nSPS) is 11.5. The van der Waals surface area contributed by atoms with Crippen molar-refractivity contribution in [3.8, 4) is 5.75 Å². The minimum absolute atomic E-state index is 0.00183. The van der Waals surface area contributed by atoms with Gasteiger partial charge in [-0.1, -0.05) is 39.0 Å². The molecule has 1 heteroatoms. The Morgan fingerprint density at radius 2 is 2.00 bits per heavy atom. The van der Waals surface area contributed by atoms with Gasteiger partial charge in [0.1, 0.15) is 5.75 Å². The fraction of sp³-hybridized carbons (Fsp3) is 0.400. The van der Waals surface area contributed by atoms with Crippen LogP contribution in [-0.4, -0.2) is 5.11 Å². The molecule has 1 rings (SSSR count). The van der Waals surface area contributed by atoms with Crippen molar-refractivity contribution in [1.29, 1.82) is 0 Å². The topological polar surface area (TPSA) is 20.2 Å². The van der Waals surface area contributed by atoms with E-state index in [1.165, 1.54) is 0 Å². The fourth-order valence-electron chi connectivity index (χ4n) is 1.03. The Balaban J connectivity index is 3.14. The molecule has 59 valence electrons. The highest BCUT2D eigenvalue weighted by atomic mass is 16.3. The van der Waals surface area contributed by atoms with Crippen LogP contribution >= 0.6 is 0 Å². The van der Waals surface area contributed by atoms with E-state index < -0.39 is 0 Å². The Kier molecular flexibility index (Phi) is 1.90. The summed E-state index contributed by atoms with van der Waals surface area (Å²) >= 11 is 0. The van der Waals surface area contributed by atoms with Crippen LogP contribution in [0.1, 0.15) is 26.3 Å². The van der Waals surface area contributed by atoms with Gasteiger partial charge in [0.15, 0.2) is 0 Å². The Labute approximate surface area is 67.7 Å². The molecule has 0 amide bonds. The van der Waals surface area contributed by atoms with Gasteiger partial charge in [0.05, 0.1) is 0 Å². The van der Waals surface area contributed by atoms with Crippen molar-refractivity contribution < 1.29 is 5.11 Å². The highest BCUT2D eigenvalue weighted by Crippen LogP contribution is 2.29. The minimum atomic E-state index is 0.00183. The van der Waals surface area contributed by atoms with Crippen LogP contribution in [0, 0.1) is 6.07 Å². The number of para-hydroxylation sites is 1. The maximum absolute atomic E-state index is 9.39. The Hall–Kier alpha value is -0.980. The Morgan fingerprint density at radius 1 is 1.36 bits per heavy atom. The number of rotatable bonds is 0. The third-order valence-electron chi connectivity index (χ3n) is 1.64. The molecular weight excluding hydrogens is 136 g/mol. The lowest BCUT2D eigenvalue weighted by Gasteiger charge is -2.19. The fourth-order valence-corrected chi connectivity index (χ4v) is 1.03. The highest BCUT2D eigenvalue weighted by Gasteiger charge is 2.16. The third kappa shape index (κ3) is 1.73. The average Bonchev–Trinajstić information content (AvgIpc) is 1.86. The van der Waals surface area contributed by atoms with Crippen LogP contribution in [0.25, 0.3) is 0 Å². The number of hydrogen-bond donors (Lipinski definition) is 1. The molecule has 0 spiro atoms. The van der Waals surface area contributed by atoms with Crippen LogP contribution in [0.2, 0.25) is 0 Å². The summed E-state index contributed by atoms with van der Waals surface area (Å²) in [6, 6.07) is 8.29. The molecule has 0 bridgehead atoms. The van der Waals surface area contributed by atoms with Gasteiger partial charge in [0.2, 0.25) is 0 Å². The second-order valence-corrected chi connectivity index (χ2v) is 3.68. The lowest BCUT2D eigenvalue weighted by molar-refractivity contribution is 0.445. The van der Waals surface area contributed by atoms with Crippen LogP contribution in [0.15, 0.2) is 18.2 Å². The lowest BCUT2D eigenvalue weighted by atomic mass is 9.86. The molecule has 0 saturated heterocycles. The van der Waals surface area contributed by atoms with Crippen molar-refractivity contribution in [1.82, 2.24) is 0 Å². The summed E-state index contributed by atoms with van der Waals surface area (Å²) in [4.78, 5) is 0. The summed E-state index contributed by atoms with van der Waals surface area (Å²) in [5.74, 6) is 0.264. The molecule has 1 nitrogen and oxygen atoms in total. The quantitative estimate of drug-likeness (QED) is 0.600. The monoisotopic (exact) mass is 149 g/mol. The van der Waals surface area contributed by atoms with E-state index in [-0.39, 0.29) is 11.2 Å². The van der Waals surface area contributed by atoms with Crippen LogP contribution in [0.4, 0.5) is 0 Å². The van der Waals surface area contributed by atoms with Gasteiger partial charge in [-0.25, -0.2) is 0 Å². The molecule has 0 saturated carbocycles. The molecular formula is C10H13O. The number of aromatic hydroxyl groups is 1. The van der Waals surface area contributed by atoms with E-state index in [0.717, 1.165) is 5.56 Å². The van der Waals surface area contributed by atoms with Crippen LogP contribution in [0.3, 0.4) is 0 Å². The van der Waals surface area contributed by atoms with Crippen LogP contribution in [-0.2, 0) is 5.41 Å². The van der Waals surface area contributed by atoms with Crippen molar-refractivity contribution in [3.05, 3.63) is 29.8 Å². The summed E-state index contributed by atoms with van der Waals surface area (Å²) in [6.07, 6.45) is 0. The highest BCUT2D eigenvalue weighted by molar-refractivity contribution is 5.35. The molecule has 1 N–H and O–H groups in total. The molecule has 1 aromatic rings. The first-order valence-corrected chi connectivity index (χ1v) is 3.72. The summed E-state index contributed by atoms with van der Waals surface area (Å²) in [6.45, 7) is 6.20. The molecule has 0 unspecified atom stereocenters. The molecule has 1 aromatic carbocycles. The zero-order valence-electron chi connectivity index (χ0n) is 7.18. The van der Waals surface area contributed by atoms with E-state index in [1.54, 1.807) is 6.07 Å². The minimum Gasteiger partial charge on any atom is -0.507 e. The van der Waals surface area contributed by atoms with Gasteiger partial charge in [-0.05, 0) is 11.0 Å². The molecule has 0 aliphatic carbocycles. The van der Waals surface area contributed by atoms with E-state index in [9.17, 15) is 5.11 Å². The predicted molar refractivity (Wildman–Crippen MR) is 45.6 cm³/mol. The first-order chi connectivity index (χ1) is 5.02. The van der Waals surface area contributed by atoms with Crippen molar-refractivity contribution in [3.63, 3.8) is 0 Å². The number of hydrogen-bond acceptors (Lipinski definition) is 1.